The minimum absolute atomic E-state index is 0.118. The standard InChI is InChI=1S/C20H22N4S/c1-14-5-7-15(8-6-14)13-21-24-18(22-23-19(24)25)16-9-11-17(12-10-16)20(2,3)4/h5-13H,1-4H3,(H,23,25). The third-order valence-electron chi connectivity index (χ3n) is 4.06. The molecule has 0 atom stereocenters. The lowest BCUT2D eigenvalue weighted by molar-refractivity contribution is 0.590. The van der Waals surface area contributed by atoms with Crippen molar-refractivity contribution in [2.75, 3.05) is 0 Å². The number of hydrogen-bond donors (Lipinski definition) is 1. The van der Waals surface area contributed by atoms with Crippen LogP contribution in [0.3, 0.4) is 0 Å². The Kier molecular flexibility index (Phi) is 4.68. The van der Waals surface area contributed by atoms with Crippen LogP contribution >= 0.6 is 12.2 Å². The Morgan fingerprint density at radius 1 is 1.04 bits per heavy atom. The van der Waals surface area contributed by atoms with E-state index in [0.717, 1.165) is 11.1 Å². The fourth-order valence-electron chi connectivity index (χ4n) is 2.48. The molecule has 128 valence electrons. The molecule has 4 nitrogen and oxygen atoms in total. The number of aromatic amines is 1. The van der Waals surface area contributed by atoms with Gasteiger partial charge in [0.1, 0.15) is 0 Å². The van der Waals surface area contributed by atoms with Crippen molar-refractivity contribution in [2.24, 2.45) is 5.10 Å². The molecule has 2 aromatic carbocycles. The van der Waals surface area contributed by atoms with E-state index in [9.17, 15) is 0 Å². The monoisotopic (exact) mass is 350 g/mol. The highest BCUT2D eigenvalue weighted by molar-refractivity contribution is 7.71. The van der Waals surface area contributed by atoms with Gasteiger partial charge in [-0.2, -0.15) is 14.9 Å². The van der Waals surface area contributed by atoms with Gasteiger partial charge in [0.05, 0.1) is 6.21 Å². The molecule has 25 heavy (non-hydrogen) atoms. The van der Waals surface area contributed by atoms with Gasteiger partial charge in [-0.15, -0.1) is 0 Å². The molecule has 1 heterocycles. The third-order valence-corrected chi connectivity index (χ3v) is 4.32. The maximum Gasteiger partial charge on any atom is 0.216 e. The summed E-state index contributed by atoms with van der Waals surface area (Å²) in [4.78, 5) is 0. The number of benzene rings is 2. The second-order valence-electron chi connectivity index (χ2n) is 7.15. The maximum atomic E-state index is 5.33. The molecule has 3 aromatic rings. The topological polar surface area (TPSA) is 46.0 Å². The van der Waals surface area contributed by atoms with Crippen LogP contribution < -0.4 is 0 Å². The molecule has 0 bridgehead atoms. The Bertz CT molecular complexity index is 939. The predicted octanol–water partition coefficient (Wildman–Crippen LogP) is 5.10. The number of aryl methyl sites for hydroxylation is 1. The molecule has 0 saturated heterocycles. The highest BCUT2D eigenvalue weighted by atomic mass is 32.1. The molecule has 0 aliphatic carbocycles. The lowest BCUT2D eigenvalue weighted by Gasteiger charge is -2.18. The fourth-order valence-corrected chi connectivity index (χ4v) is 2.66. The van der Waals surface area contributed by atoms with Crippen molar-refractivity contribution in [2.45, 2.75) is 33.1 Å². The van der Waals surface area contributed by atoms with Crippen molar-refractivity contribution in [3.8, 4) is 11.4 Å². The summed E-state index contributed by atoms with van der Waals surface area (Å²) in [5.74, 6) is 0.703. The Hall–Kier alpha value is -2.53. The molecule has 0 spiro atoms. The first kappa shape index (κ1) is 17.3. The summed E-state index contributed by atoms with van der Waals surface area (Å²) >= 11 is 5.33. The number of nitrogens with one attached hydrogen (secondary N) is 1. The highest BCUT2D eigenvalue weighted by Crippen LogP contribution is 2.25. The van der Waals surface area contributed by atoms with E-state index < -0.39 is 0 Å². The Balaban J connectivity index is 1.94. The molecule has 0 aliphatic heterocycles. The summed E-state index contributed by atoms with van der Waals surface area (Å²) in [5, 5.41) is 11.7. The zero-order valence-electron chi connectivity index (χ0n) is 14.9. The molecule has 0 fully saturated rings. The predicted molar refractivity (Wildman–Crippen MR) is 106 cm³/mol. The first-order chi connectivity index (χ1) is 11.8. The average molecular weight is 350 g/mol. The summed E-state index contributed by atoms with van der Waals surface area (Å²) < 4.78 is 2.12. The van der Waals surface area contributed by atoms with Crippen molar-refractivity contribution in [3.63, 3.8) is 0 Å². The summed E-state index contributed by atoms with van der Waals surface area (Å²) in [7, 11) is 0. The number of nitrogens with zero attached hydrogens (tertiary/aromatic N) is 3. The van der Waals surface area contributed by atoms with E-state index >= 15 is 0 Å². The first-order valence-electron chi connectivity index (χ1n) is 8.24. The van der Waals surface area contributed by atoms with Crippen LogP contribution in [0, 0.1) is 11.7 Å². The van der Waals surface area contributed by atoms with E-state index in [0.29, 0.717) is 10.6 Å². The maximum absolute atomic E-state index is 5.33. The van der Waals surface area contributed by atoms with E-state index in [4.69, 9.17) is 12.2 Å². The van der Waals surface area contributed by atoms with Crippen LogP contribution in [0.5, 0.6) is 0 Å². The molecule has 0 aliphatic rings. The molecule has 5 heteroatoms. The summed E-state index contributed by atoms with van der Waals surface area (Å²) in [6.45, 7) is 8.66. The van der Waals surface area contributed by atoms with Gasteiger partial charge in [0, 0.05) is 5.56 Å². The van der Waals surface area contributed by atoms with Crippen molar-refractivity contribution in [1.82, 2.24) is 14.9 Å². The Morgan fingerprint density at radius 2 is 1.68 bits per heavy atom. The number of H-pyrrole nitrogens is 1. The minimum Gasteiger partial charge on any atom is -0.250 e. The van der Waals surface area contributed by atoms with Gasteiger partial charge in [-0.05, 0) is 35.7 Å². The number of rotatable bonds is 3. The minimum atomic E-state index is 0.118. The lowest BCUT2D eigenvalue weighted by atomic mass is 9.87. The molecule has 0 radical (unpaired) electrons. The van der Waals surface area contributed by atoms with E-state index in [1.807, 2.05) is 12.1 Å². The molecule has 3 rings (SSSR count). The van der Waals surface area contributed by atoms with Crippen LogP contribution in [0.2, 0.25) is 0 Å². The van der Waals surface area contributed by atoms with Gasteiger partial charge in [0.2, 0.25) is 4.77 Å². The van der Waals surface area contributed by atoms with Crippen molar-refractivity contribution < 1.29 is 0 Å². The normalized spacial score (nSPS) is 12.0. The summed E-state index contributed by atoms with van der Waals surface area (Å²) in [5.41, 5.74) is 4.60. The van der Waals surface area contributed by atoms with Crippen LogP contribution in [0.1, 0.15) is 37.5 Å². The Morgan fingerprint density at radius 3 is 2.28 bits per heavy atom. The SMILES string of the molecule is Cc1ccc(C=Nn2c(-c3ccc(C(C)(C)C)cc3)n[nH]c2=S)cc1. The fraction of sp³-hybridized carbons (Fsp3) is 0.250. The van der Waals surface area contributed by atoms with Crippen molar-refractivity contribution in [3.05, 3.63) is 70.0 Å². The largest absolute Gasteiger partial charge is 0.250 e. The van der Waals surface area contributed by atoms with Gasteiger partial charge in [-0.25, -0.2) is 5.10 Å². The van der Waals surface area contributed by atoms with Gasteiger partial charge >= 0.3 is 0 Å². The first-order valence-corrected chi connectivity index (χ1v) is 8.65. The molecule has 0 amide bonds. The van der Waals surface area contributed by atoms with Crippen LogP contribution in [0.25, 0.3) is 11.4 Å². The molecule has 1 aromatic heterocycles. The zero-order chi connectivity index (χ0) is 18.0. The van der Waals surface area contributed by atoms with Gasteiger partial charge in [0.15, 0.2) is 5.82 Å². The summed E-state index contributed by atoms with van der Waals surface area (Å²) in [6, 6.07) is 16.5. The second kappa shape index (κ2) is 6.76. The van der Waals surface area contributed by atoms with E-state index in [1.54, 1.807) is 10.9 Å². The summed E-state index contributed by atoms with van der Waals surface area (Å²) in [6.07, 6.45) is 1.79. The molecular weight excluding hydrogens is 328 g/mol. The van der Waals surface area contributed by atoms with Crippen molar-refractivity contribution in [1.29, 1.82) is 0 Å². The second-order valence-corrected chi connectivity index (χ2v) is 7.53. The van der Waals surface area contributed by atoms with E-state index in [-0.39, 0.29) is 5.41 Å². The molecule has 0 saturated carbocycles. The van der Waals surface area contributed by atoms with E-state index in [2.05, 4.69) is 79.4 Å². The van der Waals surface area contributed by atoms with Crippen molar-refractivity contribution >= 4 is 18.4 Å². The van der Waals surface area contributed by atoms with Crippen LogP contribution in [0.15, 0.2) is 53.6 Å². The highest BCUT2D eigenvalue weighted by Gasteiger charge is 2.14. The molecular formula is C20H22N4S. The Labute approximate surface area is 153 Å². The zero-order valence-corrected chi connectivity index (χ0v) is 15.8. The third kappa shape index (κ3) is 3.94. The number of aromatic nitrogens is 3. The van der Waals surface area contributed by atoms with Gasteiger partial charge < -0.3 is 0 Å². The average Bonchev–Trinajstić information content (AvgIpc) is 2.94. The quantitative estimate of drug-likeness (QED) is 0.528. The van der Waals surface area contributed by atoms with Crippen LogP contribution in [-0.2, 0) is 5.41 Å². The van der Waals surface area contributed by atoms with E-state index in [1.165, 1.54) is 11.1 Å². The van der Waals surface area contributed by atoms with Gasteiger partial charge in [-0.1, -0.05) is 74.9 Å². The molecule has 1 N–H and O–H groups in total. The smallest absolute Gasteiger partial charge is 0.216 e. The van der Waals surface area contributed by atoms with Crippen LogP contribution in [-0.4, -0.2) is 21.1 Å². The van der Waals surface area contributed by atoms with Crippen LogP contribution in [0.4, 0.5) is 0 Å². The van der Waals surface area contributed by atoms with Gasteiger partial charge in [-0.3, -0.25) is 0 Å². The molecule has 0 unspecified atom stereocenters. The lowest BCUT2D eigenvalue weighted by Crippen LogP contribution is -2.10. The van der Waals surface area contributed by atoms with Gasteiger partial charge in [0.25, 0.3) is 0 Å². The number of hydrogen-bond acceptors (Lipinski definition) is 3.